The molecule has 2 atom stereocenters. The van der Waals surface area contributed by atoms with Gasteiger partial charge in [-0.2, -0.15) is 0 Å². The molecule has 2 N–H and O–H groups in total. The average Bonchev–Trinajstić information content (AvgIpc) is 2.23. The summed E-state index contributed by atoms with van der Waals surface area (Å²) in [6.45, 7) is 4.52. The van der Waals surface area contributed by atoms with E-state index in [1.54, 1.807) is 0 Å². The molecule has 17 heavy (non-hydrogen) atoms. The van der Waals surface area contributed by atoms with Crippen molar-refractivity contribution in [3.63, 3.8) is 0 Å². The van der Waals surface area contributed by atoms with Crippen LogP contribution in [0.4, 0.5) is 5.82 Å². The first-order valence-electron chi connectivity index (χ1n) is 6.06. The number of rotatable bonds is 2. The molecule has 0 bridgehead atoms. The molecule has 1 aliphatic rings. The number of anilines is 1. The molecule has 0 radical (unpaired) electrons. The van der Waals surface area contributed by atoms with Gasteiger partial charge in [0.05, 0.1) is 6.33 Å². The summed E-state index contributed by atoms with van der Waals surface area (Å²) in [6, 6.07) is 0.362. The Morgan fingerprint density at radius 2 is 2.00 bits per heavy atom. The van der Waals surface area contributed by atoms with Crippen molar-refractivity contribution in [1.29, 1.82) is 0 Å². The van der Waals surface area contributed by atoms with Crippen LogP contribution in [0, 0.1) is 11.8 Å². The van der Waals surface area contributed by atoms with Crippen molar-refractivity contribution in [2.75, 3.05) is 5.32 Å². The van der Waals surface area contributed by atoms with Crippen LogP contribution >= 0.6 is 11.6 Å². The van der Waals surface area contributed by atoms with E-state index in [0.29, 0.717) is 23.7 Å². The normalized spacial score (nSPS) is 29.0. The maximum absolute atomic E-state index is 11.3. The molecule has 0 aromatic carbocycles. The highest BCUT2D eigenvalue weighted by molar-refractivity contribution is 6.32. The molecule has 5 heteroatoms. The summed E-state index contributed by atoms with van der Waals surface area (Å²) in [5.74, 6) is 1.91. The Labute approximate surface area is 106 Å². The maximum Gasteiger partial charge on any atom is 0.271 e. The lowest BCUT2D eigenvalue weighted by Crippen LogP contribution is -2.31. The molecule has 1 heterocycles. The number of hydrogen-bond donors (Lipinski definition) is 2. The van der Waals surface area contributed by atoms with Crippen molar-refractivity contribution in [2.24, 2.45) is 11.8 Å². The zero-order valence-corrected chi connectivity index (χ0v) is 10.9. The number of aromatic nitrogens is 2. The van der Waals surface area contributed by atoms with Crippen LogP contribution in [0.5, 0.6) is 0 Å². The van der Waals surface area contributed by atoms with E-state index in [9.17, 15) is 4.79 Å². The summed E-state index contributed by atoms with van der Waals surface area (Å²) < 4.78 is 0. The van der Waals surface area contributed by atoms with E-state index in [1.807, 2.05) is 0 Å². The van der Waals surface area contributed by atoms with Crippen LogP contribution in [0.25, 0.3) is 0 Å². The van der Waals surface area contributed by atoms with Crippen molar-refractivity contribution in [3.8, 4) is 0 Å². The molecular formula is C12H18ClN3O. The quantitative estimate of drug-likeness (QED) is 0.854. The SMILES string of the molecule is CC1CC(C)CC(Nc2nc[nH]c(=O)c2Cl)C1. The first-order chi connectivity index (χ1) is 8.06. The average molecular weight is 256 g/mol. The first-order valence-corrected chi connectivity index (χ1v) is 6.43. The van der Waals surface area contributed by atoms with Crippen LogP contribution in [-0.4, -0.2) is 16.0 Å². The molecule has 1 fully saturated rings. The highest BCUT2D eigenvalue weighted by Gasteiger charge is 2.24. The van der Waals surface area contributed by atoms with Crippen molar-refractivity contribution < 1.29 is 0 Å². The number of H-pyrrole nitrogens is 1. The Bertz CT molecular complexity index is 436. The Kier molecular flexibility index (Phi) is 3.72. The molecule has 4 nitrogen and oxygen atoms in total. The standard InChI is InChI=1S/C12H18ClN3O/c1-7-3-8(2)5-9(4-7)16-11-10(13)12(17)15-6-14-11/h6-9H,3-5H2,1-2H3,(H2,14,15,16,17). The minimum Gasteiger partial charge on any atom is -0.366 e. The van der Waals surface area contributed by atoms with E-state index in [2.05, 4.69) is 29.1 Å². The van der Waals surface area contributed by atoms with E-state index in [-0.39, 0.29) is 10.6 Å². The number of halogens is 1. The van der Waals surface area contributed by atoms with Crippen LogP contribution in [0.3, 0.4) is 0 Å². The lowest BCUT2D eigenvalue weighted by molar-refractivity contribution is 0.280. The molecule has 0 aliphatic heterocycles. The van der Waals surface area contributed by atoms with Crippen molar-refractivity contribution in [2.45, 2.75) is 39.2 Å². The van der Waals surface area contributed by atoms with E-state index in [0.717, 1.165) is 12.8 Å². The van der Waals surface area contributed by atoms with E-state index in [1.165, 1.54) is 12.7 Å². The molecule has 0 amide bonds. The van der Waals surface area contributed by atoms with Gasteiger partial charge in [-0.3, -0.25) is 4.79 Å². The Hall–Kier alpha value is -1.03. The summed E-state index contributed by atoms with van der Waals surface area (Å²) in [4.78, 5) is 17.9. The molecule has 94 valence electrons. The van der Waals surface area contributed by atoms with Gasteiger partial charge in [0.1, 0.15) is 5.02 Å². The van der Waals surface area contributed by atoms with Crippen LogP contribution in [0.1, 0.15) is 33.1 Å². The minimum absolute atomic E-state index is 0.151. The summed E-state index contributed by atoms with van der Waals surface area (Å²) in [7, 11) is 0. The third-order valence-corrected chi connectivity index (χ3v) is 3.67. The van der Waals surface area contributed by atoms with Gasteiger partial charge in [-0.05, 0) is 31.1 Å². The zero-order valence-electron chi connectivity index (χ0n) is 10.2. The molecule has 1 saturated carbocycles. The second kappa shape index (κ2) is 5.08. The molecule has 2 unspecified atom stereocenters. The Morgan fingerprint density at radius 3 is 2.65 bits per heavy atom. The van der Waals surface area contributed by atoms with Gasteiger partial charge in [-0.15, -0.1) is 0 Å². The van der Waals surface area contributed by atoms with Gasteiger partial charge >= 0.3 is 0 Å². The number of nitrogens with one attached hydrogen (secondary N) is 2. The highest BCUT2D eigenvalue weighted by Crippen LogP contribution is 2.30. The number of nitrogens with zero attached hydrogens (tertiary/aromatic N) is 1. The van der Waals surface area contributed by atoms with Crippen LogP contribution in [-0.2, 0) is 0 Å². The van der Waals surface area contributed by atoms with Gasteiger partial charge < -0.3 is 10.3 Å². The van der Waals surface area contributed by atoms with Gasteiger partial charge in [0, 0.05) is 6.04 Å². The van der Waals surface area contributed by atoms with Gasteiger partial charge in [0.15, 0.2) is 5.82 Å². The fourth-order valence-electron chi connectivity index (χ4n) is 2.74. The van der Waals surface area contributed by atoms with Crippen LogP contribution in [0.2, 0.25) is 5.02 Å². The van der Waals surface area contributed by atoms with Crippen molar-refractivity contribution >= 4 is 17.4 Å². The molecule has 1 aliphatic carbocycles. The fourth-order valence-corrected chi connectivity index (χ4v) is 2.90. The van der Waals surface area contributed by atoms with E-state index >= 15 is 0 Å². The Balaban J connectivity index is 2.10. The van der Waals surface area contributed by atoms with Gasteiger partial charge in [-0.25, -0.2) is 4.98 Å². The predicted molar refractivity (Wildman–Crippen MR) is 69.5 cm³/mol. The highest BCUT2D eigenvalue weighted by atomic mass is 35.5. The molecule has 2 rings (SSSR count). The third-order valence-electron chi connectivity index (χ3n) is 3.32. The smallest absolute Gasteiger partial charge is 0.271 e. The first kappa shape index (κ1) is 12.4. The number of aromatic amines is 1. The summed E-state index contributed by atoms with van der Waals surface area (Å²) in [5.41, 5.74) is -0.291. The molecule has 0 saturated heterocycles. The minimum atomic E-state index is -0.291. The van der Waals surface area contributed by atoms with Gasteiger partial charge in [0.25, 0.3) is 5.56 Å². The maximum atomic E-state index is 11.3. The van der Waals surface area contributed by atoms with Gasteiger partial charge in [-0.1, -0.05) is 25.4 Å². The summed E-state index contributed by atoms with van der Waals surface area (Å²) in [5, 5.41) is 3.44. The van der Waals surface area contributed by atoms with Crippen LogP contribution in [0.15, 0.2) is 11.1 Å². The third kappa shape index (κ3) is 3.00. The fraction of sp³-hybridized carbons (Fsp3) is 0.667. The predicted octanol–water partition coefficient (Wildman–Crippen LogP) is 2.66. The Morgan fingerprint density at radius 1 is 1.35 bits per heavy atom. The molecule has 1 aromatic heterocycles. The largest absolute Gasteiger partial charge is 0.366 e. The lowest BCUT2D eigenvalue weighted by atomic mass is 9.80. The van der Waals surface area contributed by atoms with Crippen molar-refractivity contribution in [3.05, 3.63) is 21.7 Å². The van der Waals surface area contributed by atoms with E-state index < -0.39 is 0 Å². The zero-order chi connectivity index (χ0) is 12.4. The molecule has 1 aromatic rings. The van der Waals surface area contributed by atoms with Crippen LogP contribution < -0.4 is 10.9 Å². The number of hydrogen-bond acceptors (Lipinski definition) is 3. The summed E-state index contributed by atoms with van der Waals surface area (Å²) >= 11 is 5.92. The molecule has 0 spiro atoms. The second-order valence-corrected chi connectivity index (χ2v) is 5.53. The second-order valence-electron chi connectivity index (χ2n) is 5.15. The monoisotopic (exact) mass is 255 g/mol. The molecular weight excluding hydrogens is 238 g/mol. The lowest BCUT2D eigenvalue weighted by Gasteiger charge is -2.32. The summed E-state index contributed by atoms with van der Waals surface area (Å²) in [6.07, 6.45) is 4.87. The van der Waals surface area contributed by atoms with Crippen molar-refractivity contribution in [1.82, 2.24) is 9.97 Å². The topological polar surface area (TPSA) is 57.8 Å². The van der Waals surface area contributed by atoms with Gasteiger partial charge in [0.2, 0.25) is 0 Å². The van der Waals surface area contributed by atoms with E-state index in [4.69, 9.17) is 11.6 Å².